The number of sulfonamides is 1. The second-order valence-corrected chi connectivity index (χ2v) is 13.0. The third kappa shape index (κ3) is 4.69. The Bertz CT molecular complexity index is 1170. The summed E-state index contributed by atoms with van der Waals surface area (Å²) in [5, 5.41) is 3.52. The summed E-state index contributed by atoms with van der Waals surface area (Å²) in [5.74, 6) is -0.447. The van der Waals surface area contributed by atoms with Crippen molar-refractivity contribution >= 4 is 42.2 Å². The van der Waals surface area contributed by atoms with Gasteiger partial charge in [0.1, 0.15) is 4.90 Å². The number of piperidine rings is 1. The van der Waals surface area contributed by atoms with Crippen molar-refractivity contribution in [1.29, 1.82) is 0 Å². The van der Waals surface area contributed by atoms with Crippen LogP contribution in [0, 0.1) is 5.92 Å². The molecule has 0 spiro atoms. The lowest BCUT2D eigenvalue weighted by atomic mass is 9.97. The molecular formula is C20H25N3O5S3. The van der Waals surface area contributed by atoms with Crippen molar-refractivity contribution in [1.82, 2.24) is 9.29 Å². The fraction of sp³-hybridized carbons (Fsp3) is 0.500. The monoisotopic (exact) mass is 483 g/mol. The van der Waals surface area contributed by atoms with Gasteiger partial charge in [0, 0.05) is 30.1 Å². The van der Waals surface area contributed by atoms with E-state index in [-0.39, 0.29) is 34.7 Å². The molecule has 4 rings (SSSR count). The molecule has 1 amide bonds. The summed E-state index contributed by atoms with van der Waals surface area (Å²) in [7, 11) is -7.67. The summed E-state index contributed by atoms with van der Waals surface area (Å²) in [6.45, 7) is 0.319. The predicted octanol–water partition coefficient (Wildman–Crippen LogP) is 2.46. The van der Waals surface area contributed by atoms with Crippen LogP contribution in [0.15, 0.2) is 34.1 Å². The van der Waals surface area contributed by atoms with E-state index in [0.29, 0.717) is 18.0 Å². The van der Waals surface area contributed by atoms with Gasteiger partial charge < -0.3 is 5.32 Å². The lowest BCUT2D eigenvalue weighted by molar-refractivity contribution is -0.120. The Morgan fingerprint density at radius 1 is 1.06 bits per heavy atom. The average Bonchev–Trinajstić information content (AvgIpc) is 3.15. The Hall–Kier alpha value is -1.82. The molecule has 1 aliphatic carbocycles. The number of rotatable bonds is 5. The highest BCUT2D eigenvalue weighted by Crippen LogP contribution is 2.31. The molecule has 1 saturated heterocycles. The fourth-order valence-corrected chi connectivity index (χ4v) is 8.20. The number of hydrogen-bond acceptors (Lipinski definition) is 7. The van der Waals surface area contributed by atoms with Gasteiger partial charge in [-0.1, -0.05) is 12.1 Å². The van der Waals surface area contributed by atoms with Crippen LogP contribution in [-0.2, 0) is 37.5 Å². The first-order valence-corrected chi connectivity index (χ1v) is 14.4. The number of carbonyl (C=O) groups is 1. The molecule has 2 heterocycles. The third-order valence-electron chi connectivity index (χ3n) is 5.77. The molecule has 11 heteroatoms. The quantitative estimate of drug-likeness (QED) is 0.699. The molecule has 8 nitrogen and oxygen atoms in total. The number of hydrogen-bond donors (Lipinski definition) is 1. The van der Waals surface area contributed by atoms with Crippen LogP contribution in [0.25, 0.3) is 0 Å². The number of sulfone groups is 1. The molecule has 1 aromatic carbocycles. The molecule has 0 unspecified atom stereocenters. The number of aromatic nitrogens is 1. The summed E-state index contributed by atoms with van der Waals surface area (Å²) in [6, 6.07) is 5.63. The Balaban J connectivity index is 1.42. The molecule has 1 fully saturated rings. The zero-order valence-corrected chi connectivity index (χ0v) is 19.7. The predicted molar refractivity (Wildman–Crippen MR) is 118 cm³/mol. The van der Waals surface area contributed by atoms with Gasteiger partial charge in [0.15, 0.2) is 15.0 Å². The molecule has 1 N–H and O–H groups in total. The van der Waals surface area contributed by atoms with Gasteiger partial charge in [0.2, 0.25) is 15.9 Å². The standard InChI is InChI=1S/C20H25N3O5S3/c1-30(25,26)17-8-4-5-9-18(17)31(27,28)23-12-10-14(11-13-23)19(24)22-20-21-15-6-2-3-7-16(15)29-20/h4-5,8-9,14H,2-3,6-7,10-13H2,1H3,(H,21,22,24). The first-order chi connectivity index (χ1) is 14.7. The van der Waals surface area contributed by atoms with E-state index in [1.165, 1.54) is 44.8 Å². The molecule has 0 bridgehead atoms. The molecule has 0 atom stereocenters. The van der Waals surface area contributed by atoms with Crippen LogP contribution in [0.3, 0.4) is 0 Å². The fourth-order valence-electron chi connectivity index (χ4n) is 4.08. The molecule has 1 aliphatic heterocycles. The zero-order valence-electron chi connectivity index (χ0n) is 17.2. The highest BCUT2D eigenvalue weighted by Gasteiger charge is 2.34. The number of anilines is 1. The second-order valence-electron chi connectivity index (χ2n) is 7.98. The van der Waals surface area contributed by atoms with Crippen LogP contribution in [0.5, 0.6) is 0 Å². The Morgan fingerprint density at radius 2 is 1.71 bits per heavy atom. The van der Waals surface area contributed by atoms with E-state index in [2.05, 4.69) is 10.3 Å². The second kappa shape index (κ2) is 8.61. The van der Waals surface area contributed by atoms with Crippen molar-refractivity contribution in [2.75, 3.05) is 24.7 Å². The topological polar surface area (TPSA) is 114 Å². The van der Waals surface area contributed by atoms with Crippen molar-refractivity contribution in [3.8, 4) is 0 Å². The van der Waals surface area contributed by atoms with Gasteiger partial charge in [-0.2, -0.15) is 4.31 Å². The molecular weight excluding hydrogens is 458 g/mol. The van der Waals surface area contributed by atoms with Crippen molar-refractivity contribution in [3.63, 3.8) is 0 Å². The van der Waals surface area contributed by atoms with E-state index in [4.69, 9.17) is 0 Å². The van der Waals surface area contributed by atoms with Gasteiger partial charge in [0.05, 0.1) is 10.6 Å². The smallest absolute Gasteiger partial charge is 0.244 e. The van der Waals surface area contributed by atoms with Gasteiger partial charge in [-0.3, -0.25) is 4.79 Å². The van der Waals surface area contributed by atoms with E-state index < -0.39 is 19.9 Å². The van der Waals surface area contributed by atoms with Crippen LogP contribution >= 0.6 is 11.3 Å². The van der Waals surface area contributed by atoms with Crippen molar-refractivity contribution < 1.29 is 21.6 Å². The minimum atomic E-state index is -3.97. The summed E-state index contributed by atoms with van der Waals surface area (Å²) in [6.07, 6.45) is 5.97. The Morgan fingerprint density at radius 3 is 2.35 bits per heavy atom. The number of benzene rings is 1. The zero-order chi connectivity index (χ0) is 22.2. The minimum Gasteiger partial charge on any atom is -0.302 e. The van der Waals surface area contributed by atoms with Crippen LogP contribution in [-0.4, -0.2) is 51.4 Å². The van der Waals surface area contributed by atoms with Crippen LogP contribution in [0.2, 0.25) is 0 Å². The maximum Gasteiger partial charge on any atom is 0.244 e. The lowest BCUT2D eigenvalue weighted by Gasteiger charge is -2.30. The van der Waals surface area contributed by atoms with E-state index in [0.717, 1.165) is 37.6 Å². The van der Waals surface area contributed by atoms with Gasteiger partial charge in [-0.15, -0.1) is 11.3 Å². The molecule has 168 valence electrons. The van der Waals surface area contributed by atoms with Crippen molar-refractivity contribution in [2.45, 2.75) is 48.3 Å². The number of thiazole rings is 1. The van der Waals surface area contributed by atoms with Gasteiger partial charge in [-0.05, 0) is 50.7 Å². The third-order valence-corrected chi connectivity index (χ3v) is 10.1. The highest BCUT2D eigenvalue weighted by molar-refractivity contribution is 7.93. The number of aryl methyl sites for hydroxylation is 2. The molecule has 2 aliphatic rings. The van der Waals surface area contributed by atoms with Crippen molar-refractivity contribution in [3.05, 3.63) is 34.8 Å². The maximum absolute atomic E-state index is 13.1. The number of carbonyl (C=O) groups excluding carboxylic acids is 1. The molecule has 0 saturated carbocycles. The average molecular weight is 484 g/mol. The van der Waals surface area contributed by atoms with E-state index in [1.807, 2.05) is 0 Å². The summed E-state index contributed by atoms with van der Waals surface area (Å²) in [5.41, 5.74) is 1.08. The normalized spacial score (nSPS) is 18.5. The van der Waals surface area contributed by atoms with E-state index in [1.54, 1.807) is 0 Å². The van der Waals surface area contributed by atoms with Gasteiger partial charge in [0.25, 0.3) is 0 Å². The summed E-state index contributed by atoms with van der Waals surface area (Å²) < 4.78 is 51.5. The molecule has 31 heavy (non-hydrogen) atoms. The van der Waals surface area contributed by atoms with Crippen LogP contribution in [0.4, 0.5) is 5.13 Å². The SMILES string of the molecule is CS(=O)(=O)c1ccccc1S(=O)(=O)N1CCC(C(=O)Nc2nc3c(s2)CCCC3)CC1. The van der Waals surface area contributed by atoms with E-state index in [9.17, 15) is 21.6 Å². The molecule has 0 radical (unpaired) electrons. The first-order valence-electron chi connectivity index (χ1n) is 10.2. The van der Waals surface area contributed by atoms with Crippen LogP contribution in [0.1, 0.15) is 36.3 Å². The van der Waals surface area contributed by atoms with Crippen molar-refractivity contribution in [2.24, 2.45) is 5.92 Å². The summed E-state index contributed by atoms with van der Waals surface area (Å²) in [4.78, 5) is 18.1. The number of nitrogens with zero attached hydrogens (tertiary/aromatic N) is 2. The largest absolute Gasteiger partial charge is 0.302 e. The number of nitrogens with one attached hydrogen (secondary N) is 1. The molecule has 2 aromatic rings. The number of amides is 1. The van der Waals surface area contributed by atoms with Gasteiger partial charge in [-0.25, -0.2) is 21.8 Å². The van der Waals surface area contributed by atoms with Gasteiger partial charge >= 0.3 is 0 Å². The molecule has 1 aromatic heterocycles. The summed E-state index contributed by atoms with van der Waals surface area (Å²) >= 11 is 1.53. The Labute approximate surface area is 186 Å². The lowest BCUT2D eigenvalue weighted by Crippen LogP contribution is -2.41. The first kappa shape index (κ1) is 22.4. The maximum atomic E-state index is 13.1. The number of fused-ring (bicyclic) bond motifs is 1. The van der Waals surface area contributed by atoms with Crippen LogP contribution < -0.4 is 5.32 Å². The highest BCUT2D eigenvalue weighted by atomic mass is 32.2. The minimum absolute atomic E-state index is 0.139. The Kier molecular flexibility index (Phi) is 6.21. The van der Waals surface area contributed by atoms with E-state index >= 15 is 0 Å².